The molecule has 0 aliphatic rings. The Morgan fingerprint density at radius 2 is 1.04 bits per heavy atom. The van der Waals surface area contributed by atoms with Gasteiger partial charge in [0.05, 0.1) is 11.1 Å². The second-order valence-corrected chi connectivity index (χ2v) is 5.90. The first-order chi connectivity index (χ1) is 12.5. The van der Waals surface area contributed by atoms with E-state index >= 15 is 0 Å². The van der Waals surface area contributed by atoms with Crippen molar-refractivity contribution in [1.29, 1.82) is 0 Å². The molecule has 0 spiro atoms. The van der Waals surface area contributed by atoms with E-state index < -0.39 is 11.9 Å². The highest BCUT2D eigenvalue weighted by Crippen LogP contribution is 2.07. The van der Waals surface area contributed by atoms with E-state index in [1.807, 2.05) is 0 Å². The molecule has 1 aromatic carbocycles. The first-order valence-corrected chi connectivity index (χ1v) is 8.27. The maximum atomic E-state index is 12.2. The van der Waals surface area contributed by atoms with Crippen LogP contribution < -0.4 is 9.68 Å². The maximum Gasteiger partial charge on any atom is 0.363 e. The standard InChI is InChI=1S/C18H12N2O4S2/c21-17(23-19-11-3-1-5-15(19)25)13-7-9-14(10-8-13)18(22)24-20-12-4-2-6-16(20)26/h1-12H. The molecule has 0 aliphatic heterocycles. The van der Waals surface area contributed by atoms with Gasteiger partial charge in [0.25, 0.3) is 0 Å². The number of aromatic nitrogens is 2. The zero-order valence-corrected chi connectivity index (χ0v) is 14.9. The van der Waals surface area contributed by atoms with Gasteiger partial charge in [-0.1, -0.05) is 36.6 Å². The highest BCUT2D eigenvalue weighted by molar-refractivity contribution is 7.71. The summed E-state index contributed by atoms with van der Waals surface area (Å²) in [4.78, 5) is 34.7. The number of hydrogen-bond acceptors (Lipinski definition) is 6. The second-order valence-electron chi connectivity index (χ2n) is 5.06. The monoisotopic (exact) mass is 384 g/mol. The van der Waals surface area contributed by atoms with Gasteiger partial charge in [-0.15, -0.1) is 0 Å². The van der Waals surface area contributed by atoms with Crippen LogP contribution in [0, 0.1) is 9.28 Å². The summed E-state index contributed by atoms with van der Waals surface area (Å²) < 4.78 is 3.11. The molecule has 0 aliphatic carbocycles. The molecule has 0 radical (unpaired) electrons. The predicted octanol–water partition coefficient (Wildman–Crippen LogP) is 3.29. The number of benzene rings is 1. The molecule has 3 rings (SSSR count). The van der Waals surface area contributed by atoms with Gasteiger partial charge in [-0.3, -0.25) is 0 Å². The molecule has 0 unspecified atom stereocenters. The van der Waals surface area contributed by atoms with Crippen LogP contribution in [0.25, 0.3) is 0 Å². The molecule has 0 amide bonds. The molecule has 8 heteroatoms. The lowest BCUT2D eigenvalue weighted by atomic mass is 10.1. The predicted molar refractivity (Wildman–Crippen MR) is 98.8 cm³/mol. The lowest BCUT2D eigenvalue weighted by Gasteiger charge is -2.08. The Hall–Kier alpha value is -3.10. The van der Waals surface area contributed by atoms with Crippen molar-refractivity contribution in [2.75, 3.05) is 0 Å². The molecule has 0 atom stereocenters. The van der Waals surface area contributed by atoms with Crippen LogP contribution in [-0.2, 0) is 0 Å². The zero-order chi connectivity index (χ0) is 18.5. The van der Waals surface area contributed by atoms with Gasteiger partial charge >= 0.3 is 11.9 Å². The Kier molecular flexibility index (Phi) is 5.35. The number of nitrogens with zero attached hydrogens (tertiary/aromatic N) is 2. The number of carbonyl (C=O) groups excluding carboxylic acids is 2. The van der Waals surface area contributed by atoms with Crippen molar-refractivity contribution in [3.05, 3.63) is 93.5 Å². The minimum Gasteiger partial charge on any atom is -0.330 e. The summed E-state index contributed by atoms with van der Waals surface area (Å²) in [6.07, 6.45) is 3.07. The minimum atomic E-state index is -0.600. The molecule has 0 saturated carbocycles. The van der Waals surface area contributed by atoms with Crippen LogP contribution in [0.5, 0.6) is 0 Å². The Labute approximate surface area is 158 Å². The van der Waals surface area contributed by atoms with Gasteiger partial charge in [-0.05, 0) is 48.5 Å². The molecular weight excluding hydrogens is 372 g/mol. The summed E-state index contributed by atoms with van der Waals surface area (Å²) in [5.74, 6) is -1.20. The number of rotatable bonds is 4. The quantitative estimate of drug-likeness (QED) is 0.644. The maximum absolute atomic E-state index is 12.2. The van der Waals surface area contributed by atoms with E-state index in [4.69, 9.17) is 34.1 Å². The zero-order valence-electron chi connectivity index (χ0n) is 13.3. The van der Waals surface area contributed by atoms with Gasteiger partial charge < -0.3 is 9.68 Å². The van der Waals surface area contributed by atoms with Crippen LogP contribution in [0.1, 0.15) is 20.7 Å². The van der Waals surface area contributed by atoms with Crippen LogP contribution in [0.4, 0.5) is 0 Å². The third-order valence-corrected chi connectivity index (χ3v) is 3.93. The third-order valence-electron chi connectivity index (χ3n) is 3.30. The van der Waals surface area contributed by atoms with Gasteiger partial charge in [0, 0.05) is 12.4 Å². The Morgan fingerprint density at radius 1 is 0.654 bits per heavy atom. The molecule has 0 N–H and O–H groups in total. The van der Waals surface area contributed by atoms with E-state index in [9.17, 15) is 9.59 Å². The second kappa shape index (κ2) is 7.85. The van der Waals surface area contributed by atoms with Crippen LogP contribution in [0.3, 0.4) is 0 Å². The summed E-state index contributed by atoms with van der Waals surface area (Å²) >= 11 is 10.1. The Bertz CT molecular complexity index is 985. The van der Waals surface area contributed by atoms with Crippen molar-refractivity contribution in [3.8, 4) is 0 Å². The third kappa shape index (κ3) is 4.11. The molecule has 0 fully saturated rings. The topological polar surface area (TPSA) is 62.5 Å². The van der Waals surface area contributed by atoms with Crippen molar-refractivity contribution in [1.82, 2.24) is 9.46 Å². The van der Waals surface area contributed by atoms with E-state index in [1.165, 1.54) is 46.1 Å². The fourth-order valence-electron chi connectivity index (χ4n) is 2.00. The molecule has 0 bridgehead atoms. The summed E-state index contributed by atoms with van der Waals surface area (Å²) in [6.45, 7) is 0. The fraction of sp³-hybridized carbons (Fsp3) is 0. The highest BCUT2D eigenvalue weighted by Gasteiger charge is 2.12. The number of pyridine rings is 2. The molecular formula is C18H12N2O4S2. The van der Waals surface area contributed by atoms with Crippen molar-refractivity contribution >= 4 is 36.4 Å². The molecule has 0 saturated heterocycles. The van der Waals surface area contributed by atoms with E-state index in [-0.39, 0.29) is 11.1 Å². The minimum absolute atomic E-state index is 0.267. The van der Waals surface area contributed by atoms with Crippen molar-refractivity contribution in [3.63, 3.8) is 0 Å². The summed E-state index contributed by atoms with van der Waals surface area (Å²) in [7, 11) is 0. The molecule has 26 heavy (non-hydrogen) atoms. The molecule has 6 nitrogen and oxygen atoms in total. The molecule has 2 aromatic heterocycles. The van der Waals surface area contributed by atoms with Gasteiger partial charge in [0.15, 0.2) is 0 Å². The molecule has 3 aromatic rings. The van der Waals surface area contributed by atoms with Crippen LogP contribution in [0.15, 0.2) is 73.1 Å². The van der Waals surface area contributed by atoms with Gasteiger partial charge in [0.1, 0.15) is 9.28 Å². The van der Waals surface area contributed by atoms with Gasteiger partial charge in [0.2, 0.25) is 0 Å². The van der Waals surface area contributed by atoms with E-state index in [0.717, 1.165) is 0 Å². The normalized spacial score (nSPS) is 10.2. The molecule has 130 valence electrons. The fourth-order valence-corrected chi connectivity index (χ4v) is 2.36. The van der Waals surface area contributed by atoms with Crippen LogP contribution in [-0.4, -0.2) is 21.4 Å². The lowest BCUT2D eigenvalue weighted by Crippen LogP contribution is -2.21. The number of hydrogen-bond donors (Lipinski definition) is 0. The lowest BCUT2D eigenvalue weighted by molar-refractivity contribution is 0.0438. The average molecular weight is 384 g/mol. The van der Waals surface area contributed by atoms with E-state index in [2.05, 4.69) is 0 Å². The van der Waals surface area contributed by atoms with E-state index in [1.54, 1.807) is 36.4 Å². The van der Waals surface area contributed by atoms with Crippen molar-refractivity contribution < 1.29 is 19.3 Å². The first kappa shape index (κ1) is 17.7. The van der Waals surface area contributed by atoms with Gasteiger partial charge in [-0.2, -0.15) is 9.46 Å². The Morgan fingerprint density at radius 3 is 1.38 bits per heavy atom. The first-order valence-electron chi connectivity index (χ1n) is 7.45. The van der Waals surface area contributed by atoms with Crippen molar-refractivity contribution in [2.45, 2.75) is 0 Å². The van der Waals surface area contributed by atoms with E-state index in [0.29, 0.717) is 9.28 Å². The smallest absolute Gasteiger partial charge is 0.330 e. The largest absolute Gasteiger partial charge is 0.363 e. The Balaban J connectivity index is 1.72. The molecule has 2 heterocycles. The van der Waals surface area contributed by atoms with Crippen LogP contribution >= 0.6 is 24.4 Å². The highest BCUT2D eigenvalue weighted by atomic mass is 32.1. The SMILES string of the molecule is O=C(On1ccccc1=S)c1ccc(C(=O)On2ccccc2=S)cc1. The van der Waals surface area contributed by atoms with Crippen LogP contribution in [0.2, 0.25) is 0 Å². The average Bonchev–Trinajstić information content (AvgIpc) is 2.65. The van der Waals surface area contributed by atoms with Crippen molar-refractivity contribution in [2.24, 2.45) is 0 Å². The summed E-state index contributed by atoms with van der Waals surface area (Å²) in [5, 5.41) is 0. The van der Waals surface area contributed by atoms with Gasteiger partial charge in [-0.25, -0.2) is 9.59 Å². The summed E-state index contributed by atoms with van der Waals surface area (Å²) in [5.41, 5.74) is 0.534. The summed E-state index contributed by atoms with van der Waals surface area (Å²) in [6, 6.07) is 16.0. The number of carbonyl (C=O) groups is 2.